The van der Waals surface area contributed by atoms with Crippen molar-refractivity contribution in [1.82, 2.24) is 9.55 Å². The van der Waals surface area contributed by atoms with Gasteiger partial charge in [-0.1, -0.05) is 30.3 Å². The fourth-order valence-corrected chi connectivity index (χ4v) is 8.06. The molecule has 3 rings (SSSR count). The van der Waals surface area contributed by atoms with E-state index in [2.05, 4.69) is 8.83 Å². The average molecular weight is 556 g/mol. The largest absolute Gasteiger partial charge is 0.479 e. The molecule has 1 saturated heterocycles. The van der Waals surface area contributed by atoms with E-state index < -0.39 is 71.8 Å². The van der Waals surface area contributed by atoms with Gasteiger partial charge in [0.1, 0.15) is 12.3 Å². The van der Waals surface area contributed by atoms with Crippen LogP contribution in [0, 0.1) is 0 Å². The first-order valence-corrected chi connectivity index (χ1v) is 14.9. The van der Waals surface area contributed by atoms with E-state index in [1.807, 2.05) is 4.98 Å². The maximum atomic E-state index is 12.3. The molecule has 0 saturated carbocycles. The van der Waals surface area contributed by atoms with Crippen molar-refractivity contribution in [3.63, 3.8) is 0 Å². The van der Waals surface area contributed by atoms with Gasteiger partial charge in [-0.15, -0.1) is 0 Å². The van der Waals surface area contributed by atoms with Crippen LogP contribution in [0.2, 0.25) is 0 Å². The molecule has 0 aliphatic carbocycles. The van der Waals surface area contributed by atoms with Gasteiger partial charge in [-0.3, -0.25) is 28.0 Å². The molecule has 2 aromatic rings. The van der Waals surface area contributed by atoms with Gasteiger partial charge in [0.15, 0.2) is 5.90 Å². The lowest BCUT2D eigenvalue weighted by Crippen LogP contribution is -2.31. The highest BCUT2D eigenvalue weighted by molar-refractivity contribution is 7.74. The number of rotatable bonds is 11. The highest BCUT2D eigenvalue weighted by Crippen LogP contribution is 2.66. The van der Waals surface area contributed by atoms with Crippen LogP contribution in [0.4, 0.5) is 0 Å². The molecule has 194 valence electrons. The number of aliphatic hydroxyl groups is 1. The van der Waals surface area contributed by atoms with Gasteiger partial charge in [0, 0.05) is 18.7 Å². The zero-order chi connectivity index (χ0) is 25.9. The minimum absolute atomic E-state index is 0.121. The minimum Gasteiger partial charge on any atom is -0.390 e. The summed E-state index contributed by atoms with van der Waals surface area (Å²) in [6, 6.07) is 9.13. The van der Waals surface area contributed by atoms with Crippen molar-refractivity contribution in [1.29, 1.82) is 0 Å². The van der Waals surface area contributed by atoms with Crippen LogP contribution in [-0.2, 0) is 38.4 Å². The predicted molar refractivity (Wildman–Crippen MR) is 118 cm³/mol. The van der Waals surface area contributed by atoms with Crippen molar-refractivity contribution >= 4 is 23.0 Å². The van der Waals surface area contributed by atoms with Gasteiger partial charge < -0.3 is 29.0 Å². The number of phosphoric acid groups is 1. The molecule has 0 radical (unpaired) electrons. The maximum Gasteiger partial charge on any atom is 0.479 e. The first-order valence-electron chi connectivity index (χ1n) is 9.91. The molecule has 2 heterocycles. The molecule has 0 bridgehead atoms. The van der Waals surface area contributed by atoms with Gasteiger partial charge in [0.2, 0.25) is 0 Å². The van der Waals surface area contributed by atoms with Crippen LogP contribution < -0.4 is 11.2 Å². The summed E-state index contributed by atoms with van der Waals surface area (Å²) < 4.78 is 56.5. The van der Waals surface area contributed by atoms with E-state index in [-0.39, 0.29) is 6.42 Å². The van der Waals surface area contributed by atoms with E-state index in [0.717, 1.165) is 16.8 Å². The second-order valence-corrected chi connectivity index (χ2v) is 13.3. The lowest BCUT2D eigenvalue weighted by atomic mass is 10.2. The Kier molecular flexibility index (Phi) is 8.85. The maximum absolute atomic E-state index is 12.3. The molecule has 0 spiro atoms. The third-order valence-electron chi connectivity index (χ3n) is 4.63. The molecule has 1 fully saturated rings. The number of ether oxygens (including phenoxy) is 1. The summed E-state index contributed by atoms with van der Waals surface area (Å²) in [4.78, 5) is 54.5. The SMILES string of the molecule is O=c1ccn([C@H]2C[C@H](O)[C@@H](COP(=O)(O)CP(=O)(O)OP(=O)(O)OCc3ccccc3)O2)c(=O)[nH]1. The second-order valence-electron chi connectivity index (χ2n) is 7.47. The molecule has 35 heavy (non-hydrogen) atoms. The molecule has 1 aliphatic heterocycles. The molecule has 1 aromatic carbocycles. The fourth-order valence-electron chi connectivity index (χ4n) is 3.09. The van der Waals surface area contributed by atoms with Crippen molar-refractivity contribution in [3.05, 3.63) is 69.0 Å². The van der Waals surface area contributed by atoms with Crippen LogP contribution in [-0.4, -0.2) is 54.1 Å². The first kappa shape index (κ1) is 27.9. The number of phosphoric ester groups is 1. The van der Waals surface area contributed by atoms with Crippen molar-refractivity contribution < 1.29 is 51.6 Å². The van der Waals surface area contributed by atoms with Crippen molar-refractivity contribution in [3.8, 4) is 0 Å². The number of hydrogen-bond acceptors (Lipinski definition) is 10. The molecular formula is C17H23N2O13P3. The van der Waals surface area contributed by atoms with Crippen molar-refractivity contribution in [2.45, 2.75) is 31.5 Å². The zero-order valence-electron chi connectivity index (χ0n) is 17.9. The number of benzene rings is 1. The molecule has 5 N–H and O–H groups in total. The highest BCUT2D eigenvalue weighted by Gasteiger charge is 2.42. The van der Waals surface area contributed by atoms with Gasteiger partial charge in [0.05, 0.1) is 19.3 Å². The van der Waals surface area contributed by atoms with E-state index in [1.165, 1.54) is 0 Å². The predicted octanol–water partition coefficient (Wildman–Crippen LogP) is 0.864. The van der Waals surface area contributed by atoms with E-state index in [0.29, 0.717) is 5.56 Å². The number of aromatic amines is 1. The third-order valence-corrected chi connectivity index (χ3v) is 10.3. The van der Waals surface area contributed by atoms with E-state index in [1.54, 1.807) is 30.3 Å². The lowest BCUT2D eigenvalue weighted by molar-refractivity contribution is -0.0423. The van der Waals surface area contributed by atoms with Crippen molar-refractivity contribution in [2.24, 2.45) is 0 Å². The Labute approximate surface area is 197 Å². The number of aliphatic hydroxyl groups excluding tert-OH is 1. The molecule has 1 aromatic heterocycles. The number of nitrogens with zero attached hydrogens (tertiary/aromatic N) is 1. The Bertz CT molecular complexity index is 1280. The summed E-state index contributed by atoms with van der Waals surface area (Å²) in [5, 5.41) is 10.1. The molecule has 3 unspecified atom stereocenters. The van der Waals surface area contributed by atoms with Crippen LogP contribution in [0.15, 0.2) is 52.2 Å². The number of aromatic nitrogens is 2. The Morgan fingerprint density at radius 3 is 2.37 bits per heavy atom. The Morgan fingerprint density at radius 1 is 1.03 bits per heavy atom. The van der Waals surface area contributed by atoms with Crippen LogP contribution in [0.25, 0.3) is 0 Å². The average Bonchev–Trinajstić information content (AvgIpc) is 3.10. The molecule has 0 amide bonds. The summed E-state index contributed by atoms with van der Waals surface area (Å²) in [5.41, 5.74) is -0.975. The fraction of sp³-hybridized carbons (Fsp3) is 0.412. The van der Waals surface area contributed by atoms with E-state index >= 15 is 0 Å². The molecular weight excluding hydrogens is 533 g/mol. The molecule has 18 heteroatoms. The lowest BCUT2D eigenvalue weighted by Gasteiger charge is -2.21. The van der Waals surface area contributed by atoms with Crippen LogP contribution >= 0.6 is 23.0 Å². The summed E-state index contributed by atoms with van der Waals surface area (Å²) in [6.07, 6.45) is -2.46. The van der Waals surface area contributed by atoms with Crippen LogP contribution in [0.5, 0.6) is 0 Å². The summed E-state index contributed by atoms with van der Waals surface area (Å²) >= 11 is 0. The Hall–Kier alpha value is -1.73. The van der Waals surface area contributed by atoms with Gasteiger partial charge >= 0.3 is 28.7 Å². The first-order chi connectivity index (χ1) is 16.3. The third kappa shape index (κ3) is 8.42. The smallest absolute Gasteiger partial charge is 0.390 e. The minimum atomic E-state index is -5.16. The topological polar surface area (TPSA) is 224 Å². The van der Waals surface area contributed by atoms with Gasteiger partial charge in [0.25, 0.3) is 5.56 Å². The van der Waals surface area contributed by atoms with Gasteiger partial charge in [-0.05, 0) is 5.56 Å². The molecule has 1 aliphatic rings. The number of hydrogen-bond donors (Lipinski definition) is 5. The van der Waals surface area contributed by atoms with Crippen molar-refractivity contribution in [2.75, 3.05) is 12.5 Å². The quantitative estimate of drug-likeness (QED) is 0.243. The number of nitrogens with one attached hydrogen (secondary N) is 1. The Morgan fingerprint density at radius 2 is 1.71 bits per heavy atom. The normalized spacial score (nSPS) is 25.4. The standard InChI is InChI=1S/C17H23N2O13P3/c20-13-8-16(19-7-6-15(21)18-17(19)22)31-14(13)10-29-33(23,24)11-34(25,26)32-35(27,28)30-9-12-4-2-1-3-5-12/h1-7,13-14,16,20H,8-11H2,(H,23,24)(H,25,26)(H,27,28)(H,18,21,22)/t13-,14+,16+/m0/s1. The molecule has 15 nitrogen and oxygen atoms in total. The van der Waals surface area contributed by atoms with Crippen LogP contribution in [0.3, 0.4) is 0 Å². The Balaban J connectivity index is 1.54. The van der Waals surface area contributed by atoms with Crippen LogP contribution in [0.1, 0.15) is 18.2 Å². The highest BCUT2D eigenvalue weighted by atomic mass is 31.3. The second kappa shape index (κ2) is 11.1. The van der Waals surface area contributed by atoms with E-state index in [9.17, 15) is 43.1 Å². The summed E-state index contributed by atoms with van der Waals surface area (Å²) in [7, 11) is -15.1. The van der Waals surface area contributed by atoms with E-state index in [4.69, 9.17) is 9.26 Å². The summed E-state index contributed by atoms with van der Waals surface area (Å²) in [6.45, 7) is -1.16. The number of H-pyrrole nitrogens is 1. The van der Waals surface area contributed by atoms with Gasteiger partial charge in [-0.2, -0.15) is 0 Å². The monoisotopic (exact) mass is 556 g/mol. The zero-order valence-corrected chi connectivity index (χ0v) is 20.5. The van der Waals surface area contributed by atoms with Gasteiger partial charge in [-0.25, -0.2) is 13.7 Å². The summed E-state index contributed by atoms with van der Waals surface area (Å²) in [5.74, 6) is -1.55. The molecule has 6 atom stereocenters.